The van der Waals surface area contributed by atoms with Crippen LogP contribution in [0.5, 0.6) is 0 Å². The van der Waals surface area contributed by atoms with Crippen LogP contribution in [0.4, 0.5) is 0 Å². The van der Waals surface area contributed by atoms with Crippen molar-refractivity contribution in [2.45, 2.75) is 47.1 Å². The maximum atomic E-state index is 11.0. The molecule has 0 atom stereocenters. The summed E-state index contributed by atoms with van der Waals surface area (Å²) in [5, 5.41) is 0. The van der Waals surface area contributed by atoms with Gasteiger partial charge in [-0.05, 0) is 57.4 Å². The topological polar surface area (TPSA) is 34.9 Å². The van der Waals surface area contributed by atoms with Gasteiger partial charge in [0.15, 0.2) is 0 Å². The molecule has 0 aliphatic heterocycles. The fourth-order valence-corrected chi connectivity index (χ4v) is 2.27. The van der Waals surface area contributed by atoms with Crippen molar-refractivity contribution in [3.63, 3.8) is 0 Å². The van der Waals surface area contributed by atoms with Crippen LogP contribution in [0.2, 0.25) is 0 Å². The van der Waals surface area contributed by atoms with E-state index >= 15 is 0 Å². The van der Waals surface area contributed by atoms with Gasteiger partial charge in [0.2, 0.25) is 0 Å². The number of nitrogens with zero attached hydrogens (tertiary/aromatic N) is 2. The molecule has 3 heteroatoms. The van der Waals surface area contributed by atoms with Gasteiger partial charge in [0.25, 0.3) is 0 Å². The fourth-order valence-electron chi connectivity index (χ4n) is 2.27. The van der Waals surface area contributed by atoms with Crippen LogP contribution in [0.15, 0.2) is 12.1 Å². The van der Waals surface area contributed by atoms with Crippen molar-refractivity contribution in [1.82, 2.24) is 9.55 Å². The average Bonchev–Trinajstić information content (AvgIpc) is 2.56. The third-order valence-electron chi connectivity index (χ3n) is 3.47. The number of aryl methyl sites for hydroxylation is 4. The third-order valence-corrected chi connectivity index (χ3v) is 3.47. The molecule has 0 spiro atoms. The van der Waals surface area contributed by atoms with Gasteiger partial charge in [-0.1, -0.05) is 0 Å². The first-order valence-corrected chi connectivity index (χ1v) is 6.42. The van der Waals surface area contributed by atoms with Gasteiger partial charge in [0.1, 0.15) is 11.6 Å². The number of carbonyl (C=O) groups excluding carboxylic acids is 1. The lowest BCUT2D eigenvalue weighted by Crippen LogP contribution is -2.02. The Balaban J connectivity index is 2.34. The van der Waals surface area contributed by atoms with Crippen LogP contribution in [0.3, 0.4) is 0 Å². The van der Waals surface area contributed by atoms with E-state index < -0.39 is 0 Å². The summed E-state index contributed by atoms with van der Waals surface area (Å²) in [6.07, 6.45) is 1.53. The molecule has 0 radical (unpaired) electrons. The second kappa shape index (κ2) is 4.92. The van der Waals surface area contributed by atoms with Crippen LogP contribution in [0.1, 0.15) is 36.7 Å². The van der Waals surface area contributed by atoms with Crippen molar-refractivity contribution < 1.29 is 4.79 Å². The zero-order chi connectivity index (χ0) is 13.3. The molecular weight excluding hydrogens is 224 g/mol. The second-order valence-corrected chi connectivity index (χ2v) is 5.04. The quantitative estimate of drug-likeness (QED) is 0.826. The van der Waals surface area contributed by atoms with E-state index in [1.54, 1.807) is 6.92 Å². The molecule has 2 aromatic rings. The molecule has 0 saturated heterocycles. The van der Waals surface area contributed by atoms with Crippen LogP contribution in [0.25, 0.3) is 11.0 Å². The van der Waals surface area contributed by atoms with E-state index in [4.69, 9.17) is 0 Å². The standard InChI is InChI=1S/C15H20N2O/c1-10-8-14-15(9-11(10)2)17(13(4)16-14)7-5-6-12(3)18/h8-9H,5-7H2,1-4H3. The highest BCUT2D eigenvalue weighted by Crippen LogP contribution is 2.21. The van der Waals surface area contributed by atoms with Crippen molar-refractivity contribution in [1.29, 1.82) is 0 Å². The molecule has 0 saturated carbocycles. The summed E-state index contributed by atoms with van der Waals surface area (Å²) in [6, 6.07) is 4.33. The van der Waals surface area contributed by atoms with E-state index in [1.807, 2.05) is 6.92 Å². The van der Waals surface area contributed by atoms with Gasteiger partial charge in [0.05, 0.1) is 11.0 Å². The monoisotopic (exact) mass is 244 g/mol. The van der Waals surface area contributed by atoms with Crippen molar-refractivity contribution in [3.8, 4) is 0 Å². The molecule has 3 nitrogen and oxygen atoms in total. The lowest BCUT2D eigenvalue weighted by molar-refractivity contribution is -0.117. The summed E-state index contributed by atoms with van der Waals surface area (Å²) in [5.74, 6) is 1.28. The summed E-state index contributed by atoms with van der Waals surface area (Å²) in [6.45, 7) is 8.77. The number of benzene rings is 1. The first kappa shape index (κ1) is 12.8. The van der Waals surface area contributed by atoms with Crippen LogP contribution in [-0.4, -0.2) is 15.3 Å². The van der Waals surface area contributed by atoms with Gasteiger partial charge in [-0.2, -0.15) is 0 Å². The molecule has 0 unspecified atom stereocenters. The number of hydrogen-bond acceptors (Lipinski definition) is 2. The van der Waals surface area contributed by atoms with Gasteiger partial charge in [0, 0.05) is 13.0 Å². The number of imidazole rings is 1. The summed E-state index contributed by atoms with van der Waals surface area (Å²) < 4.78 is 2.21. The second-order valence-electron chi connectivity index (χ2n) is 5.04. The zero-order valence-corrected chi connectivity index (χ0v) is 11.6. The molecule has 2 rings (SSSR count). The minimum Gasteiger partial charge on any atom is -0.328 e. The third kappa shape index (κ3) is 2.45. The number of hydrogen-bond donors (Lipinski definition) is 0. The molecule has 0 amide bonds. The maximum Gasteiger partial charge on any atom is 0.129 e. The van der Waals surface area contributed by atoms with Crippen molar-refractivity contribution in [2.24, 2.45) is 0 Å². The summed E-state index contributed by atoms with van der Waals surface area (Å²) in [4.78, 5) is 15.6. The van der Waals surface area contributed by atoms with Gasteiger partial charge in [-0.15, -0.1) is 0 Å². The van der Waals surface area contributed by atoms with E-state index in [1.165, 1.54) is 16.6 Å². The summed E-state index contributed by atoms with van der Waals surface area (Å²) in [5.41, 5.74) is 4.80. The molecular formula is C15H20N2O. The van der Waals surface area contributed by atoms with E-state index in [0.717, 1.165) is 24.3 Å². The minimum atomic E-state index is 0.254. The van der Waals surface area contributed by atoms with Crippen molar-refractivity contribution >= 4 is 16.8 Å². The van der Waals surface area contributed by atoms with Gasteiger partial charge >= 0.3 is 0 Å². The highest BCUT2D eigenvalue weighted by atomic mass is 16.1. The summed E-state index contributed by atoms with van der Waals surface area (Å²) >= 11 is 0. The lowest BCUT2D eigenvalue weighted by atomic mass is 10.1. The Morgan fingerprint density at radius 1 is 1.22 bits per heavy atom. The van der Waals surface area contributed by atoms with Crippen molar-refractivity contribution in [2.75, 3.05) is 0 Å². The lowest BCUT2D eigenvalue weighted by Gasteiger charge is -2.07. The van der Waals surface area contributed by atoms with Gasteiger partial charge in [-0.3, -0.25) is 0 Å². The number of fused-ring (bicyclic) bond motifs is 1. The Kier molecular flexibility index (Phi) is 3.50. The molecule has 0 fully saturated rings. The van der Waals surface area contributed by atoms with E-state index in [-0.39, 0.29) is 5.78 Å². The number of ketones is 1. The molecule has 1 aromatic heterocycles. The number of aromatic nitrogens is 2. The Labute approximate surface area is 108 Å². The first-order chi connectivity index (χ1) is 8.49. The van der Waals surface area contributed by atoms with E-state index in [9.17, 15) is 4.79 Å². The Morgan fingerprint density at radius 3 is 2.56 bits per heavy atom. The molecule has 1 heterocycles. The smallest absolute Gasteiger partial charge is 0.129 e. The van der Waals surface area contributed by atoms with Crippen LogP contribution in [-0.2, 0) is 11.3 Å². The highest BCUT2D eigenvalue weighted by Gasteiger charge is 2.08. The maximum absolute atomic E-state index is 11.0. The molecule has 0 N–H and O–H groups in total. The summed E-state index contributed by atoms with van der Waals surface area (Å²) in [7, 11) is 0. The number of carbonyl (C=O) groups is 1. The molecule has 1 aromatic carbocycles. The normalized spacial score (nSPS) is 11.1. The molecule has 0 bridgehead atoms. The predicted octanol–water partition coefficient (Wildman–Crippen LogP) is 3.33. The molecule has 0 aliphatic carbocycles. The van der Waals surface area contributed by atoms with Gasteiger partial charge < -0.3 is 9.36 Å². The number of Topliss-reactive ketones (excluding diaryl/α,β-unsaturated/α-hetero) is 1. The Bertz CT molecular complexity index is 596. The molecule has 18 heavy (non-hydrogen) atoms. The van der Waals surface area contributed by atoms with Crippen LogP contribution < -0.4 is 0 Å². The predicted molar refractivity (Wildman–Crippen MR) is 73.9 cm³/mol. The first-order valence-electron chi connectivity index (χ1n) is 6.42. The van der Waals surface area contributed by atoms with Gasteiger partial charge in [-0.25, -0.2) is 4.98 Å². The fraction of sp³-hybridized carbons (Fsp3) is 0.467. The zero-order valence-electron chi connectivity index (χ0n) is 11.6. The largest absolute Gasteiger partial charge is 0.328 e. The number of rotatable bonds is 4. The van der Waals surface area contributed by atoms with Crippen LogP contribution >= 0.6 is 0 Å². The SMILES string of the molecule is CC(=O)CCCn1c(C)nc2cc(C)c(C)cc21. The molecule has 96 valence electrons. The average molecular weight is 244 g/mol. The van der Waals surface area contributed by atoms with Crippen molar-refractivity contribution in [3.05, 3.63) is 29.1 Å². The van der Waals surface area contributed by atoms with Crippen LogP contribution in [0, 0.1) is 20.8 Å². The van der Waals surface area contributed by atoms with E-state index in [2.05, 4.69) is 35.5 Å². The highest BCUT2D eigenvalue weighted by molar-refractivity contribution is 5.78. The minimum absolute atomic E-state index is 0.254. The Hall–Kier alpha value is -1.64. The van der Waals surface area contributed by atoms with E-state index in [0.29, 0.717) is 6.42 Å². The molecule has 0 aliphatic rings. The Morgan fingerprint density at radius 2 is 1.89 bits per heavy atom.